The number of likely N-dealkylation sites (tertiary alicyclic amines) is 1. The van der Waals surface area contributed by atoms with E-state index >= 15 is 0 Å². The highest BCUT2D eigenvalue weighted by Crippen LogP contribution is 2.34. The number of carbonyl (C=O) groups excluding carboxylic acids is 1. The average Bonchev–Trinajstić information content (AvgIpc) is 3.85. The number of aromatic nitrogens is 6. The van der Waals surface area contributed by atoms with Gasteiger partial charge in [-0.1, -0.05) is 62.9 Å². The minimum Gasteiger partial charge on any atom is -0.488 e. The van der Waals surface area contributed by atoms with E-state index in [1.807, 2.05) is 47.0 Å². The van der Waals surface area contributed by atoms with Crippen LogP contribution in [0.15, 0.2) is 78.0 Å². The zero-order chi connectivity index (χ0) is 33.8. The van der Waals surface area contributed by atoms with E-state index < -0.39 is 34.0 Å². The molecule has 48 heavy (non-hydrogen) atoms. The fourth-order valence-corrected chi connectivity index (χ4v) is 6.94. The van der Waals surface area contributed by atoms with Crippen molar-refractivity contribution in [1.29, 1.82) is 0 Å². The summed E-state index contributed by atoms with van der Waals surface area (Å²) in [5, 5.41) is 24.6. The van der Waals surface area contributed by atoms with Crippen molar-refractivity contribution in [3.05, 3.63) is 73.1 Å². The van der Waals surface area contributed by atoms with Gasteiger partial charge in [0.05, 0.1) is 28.8 Å². The van der Waals surface area contributed by atoms with Gasteiger partial charge in [0.1, 0.15) is 23.9 Å². The number of aromatic amines is 1. The smallest absolute Gasteiger partial charge is 0.326 e. The number of unbranched alkanes of at least 4 members (excludes halogenated alkanes) is 3. The molecule has 3 heterocycles. The monoisotopic (exact) mass is 671 g/mol. The Labute approximate surface area is 277 Å². The summed E-state index contributed by atoms with van der Waals surface area (Å²) in [5.41, 5.74) is 4.06. The van der Waals surface area contributed by atoms with E-state index in [2.05, 4.69) is 32.5 Å². The molecule has 14 heteroatoms. The number of nitrogens with zero attached hydrogens (tertiary/aromatic N) is 6. The maximum atomic E-state index is 14.4. The number of ether oxygens (including phenoxy) is 1. The van der Waals surface area contributed by atoms with Gasteiger partial charge in [-0.15, -0.1) is 10.2 Å². The molecule has 0 saturated carbocycles. The van der Waals surface area contributed by atoms with Gasteiger partial charge in [0.25, 0.3) is 0 Å². The molecular formula is C34H37N7O6S. The lowest BCUT2D eigenvalue weighted by atomic mass is 9.98. The van der Waals surface area contributed by atoms with Gasteiger partial charge in [0, 0.05) is 18.2 Å². The van der Waals surface area contributed by atoms with E-state index in [0.29, 0.717) is 23.5 Å². The number of carboxylic acids is 1. The van der Waals surface area contributed by atoms with E-state index in [0.717, 1.165) is 54.1 Å². The van der Waals surface area contributed by atoms with Crippen LogP contribution < -0.4 is 4.74 Å². The van der Waals surface area contributed by atoms with Crippen LogP contribution in [0.3, 0.4) is 0 Å². The van der Waals surface area contributed by atoms with Crippen molar-refractivity contribution in [2.45, 2.75) is 68.5 Å². The van der Waals surface area contributed by atoms with Crippen LogP contribution in [-0.2, 0) is 19.4 Å². The minimum absolute atomic E-state index is 0.0821. The van der Waals surface area contributed by atoms with E-state index in [9.17, 15) is 23.1 Å². The second kappa shape index (κ2) is 13.9. The Hall–Kier alpha value is -5.11. The van der Waals surface area contributed by atoms with Gasteiger partial charge in [-0.05, 0) is 59.2 Å². The molecule has 1 saturated heterocycles. The molecule has 250 valence electrons. The molecule has 1 fully saturated rings. The normalized spacial score (nSPS) is 17.1. The largest absolute Gasteiger partial charge is 0.488 e. The van der Waals surface area contributed by atoms with Gasteiger partial charge in [-0.25, -0.2) is 18.2 Å². The number of imidazole rings is 1. The molecule has 3 unspecified atom stereocenters. The number of hydrogen-bond donors (Lipinski definition) is 2. The number of hydrogen-bond acceptors (Lipinski definition) is 9. The molecule has 1 aliphatic heterocycles. The molecule has 2 aromatic heterocycles. The molecule has 6 rings (SSSR count). The SMILES string of the molecule is CCCCCCC(C(=O)N1CC(Oc2ccc(S(C)(=O)=O)cc2)CC1C(=O)O)n1cnc2cc(-c3ccccc3-c3nn[nH]n3)ccc21. The summed E-state index contributed by atoms with van der Waals surface area (Å²) in [7, 11) is -3.38. The quantitative estimate of drug-likeness (QED) is 0.163. The predicted octanol–water partition coefficient (Wildman–Crippen LogP) is 4.93. The van der Waals surface area contributed by atoms with Crippen molar-refractivity contribution in [1.82, 2.24) is 35.1 Å². The molecular weight excluding hydrogens is 634 g/mol. The van der Waals surface area contributed by atoms with Crippen LogP contribution in [0.2, 0.25) is 0 Å². The molecule has 1 amide bonds. The lowest BCUT2D eigenvalue weighted by Gasteiger charge is -2.28. The fourth-order valence-electron chi connectivity index (χ4n) is 6.31. The van der Waals surface area contributed by atoms with Gasteiger partial charge in [0.2, 0.25) is 11.7 Å². The number of benzene rings is 3. The Bertz CT molecular complexity index is 2010. The van der Waals surface area contributed by atoms with E-state index in [1.165, 1.54) is 17.0 Å². The number of carboxylic acid groups (broad SMARTS) is 1. The average molecular weight is 672 g/mol. The summed E-state index contributed by atoms with van der Waals surface area (Å²) in [6, 6.07) is 17.8. The van der Waals surface area contributed by atoms with Crippen LogP contribution in [0, 0.1) is 0 Å². The van der Waals surface area contributed by atoms with Gasteiger partial charge in [-0.2, -0.15) is 5.21 Å². The number of amides is 1. The molecule has 3 atom stereocenters. The highest BCUT2D eigenvalue weighted by Gasteiger charge is 2.43. The minimum atomic E-state index is -3.38. The Kier molecular flexibility index (Phi) is 9.53. The van der Waals surface area contributed by atoms with Crippen molar-refractivity contribution >= 4 is 32.7 Å². The first-order chi connectivity index (χ1) is 23.1. The van der Waals surface area contributed by atoms with E-state index in [4.69, 9.17) is 4.74 Å². The van der Waals surface area contributed by atoms with Crippen molar-refractivity contribution in [2.24, 2.45) is 0 Å². The van der Waals surface area contributed by atoms with Crippen LogP contribution in [0.1, 0.15) is 51.5 Å². The van der Waals surface area contributed by atoms with Gasteiger partial charge < -0.3 is 19.3 Å². The number of aliphatic carboxylic acids is 1. The zero-order valence-corrected chi connectivity index (χ0v) is 27.5. The zero-order valence-electron chi connectivity index (χ0n) is 26.7. The first-order valence-electron chi connectivity index (χ1n) is 15.9. The highest BCUT2D eigenvalue weighted by molar-refractivity contribution is 7.90. The number of nitrogens with one attached hydrogen (secondary N) is 1. The second-order valence-corrected chi connectivity index (χ2v) is 14.1. The van der Waals surface area contributed by atoms with Crippen molar-refractivity contribution < 1.29 is 27.9 Å². The van der Waals surface area contributed by atoms with Crippen LogP contribution in [-0.4, -0.2) is 85.4 Å². The molecule has 0 spiro atoms. The summed E-state index contributed by atoms with van der Waals surface area (Å²) in [6.07, 6.45) is 6.63. The van der Waals surface area contributed by atoms with Crippen LogP contribution in [0.25, 0.3) is 33.5 Å². The first kappa shape index (κ1) is 32.8. The molecule has 0 bridgehead atoms. The molecule has 0 aliphatic carbocycles. The number of fused-ring (bicyclic) bond motifs is 1. The van der Waals surface area contributed by atoms with E-state index in [-0.39, 0.29) is 23.8 Å². The topological polar surface area (TPSA) is 173 Å². The molecule has 2 N–H and O–H groups in total. The highest BCUT2D eigenvalue weighted by atomic mass is 32.2. The summed E-state index contributed by atoms with van der Waals surface area (Å²) in [5.74, 6) is -0.532. The Morgan fingerprint density at radius 1 is 1.04 bits per heavy atom. The number of H-pyrrole nitrogens is 1. The number of tetrazole rings is 1. The molecule has 1 aliphatic rings. The van der Waals surface area contributed by atoms with Crippen molar-refractivity contribution in [3.8, 4) is 28.3 Å². The van der Waals surface area contributed by atoms with Gasteiger partial charge >= 0.3 is 5.97 Å². The summed E-state index contributed by atoms with van der Waals surface area (Å²) in [4.78, 5) is 33.0. The van der Waals surface area contributed by atoms with Crippen molar-refractivity contribution in [2.75, 3.05) is 12.8 Å². The van der Waals surface area contributed by atoms with Crippen molar-refractivity contribution in [3.63, 3.8) is 0 Å². The van der Waals surface area contributed by atoms with Crippen LogP contribution >= 0.6 is 0 Å². The molecule has 0 radical (unpaired) electrons. The maximum absolute atomic E-state index is 14.4. The molecule has 5 aromatic rings. The maximum Gasteiger partial charge on any atom is 0.326 e. The fraction of sp³-hybridized carbons (Fsp3) is 0.353. The summed E-state index contributed by atoms with van der Waals surface area (Å²) >= 11 is 0. The molecule has 3 aromatic carbocycles. The summed E-state index contributed by atoms with van der Waals surface area (Å²) in [6.45, 7) is 2.20. The summed E-state index contributed by atoms with van der Waals surface area (Å²) < 4.78 is 31.6. The number of carbonyl (C=O) groups is 2. The lowest BCUT2D eigenvalue weighted by Crippen LogP contribution is -2.44. The van der Waals surface area contributed by atoms with Crippen LogP contribution in [0.4, 0.5) is 0 Å². The van der Waals surface area contributed by atoms with Gasteiger partial charge in [-0.3, -0.25) is 4.79 Å². The number of sulfone groups is 1. The third-order valence-electron chi connectivity index (χ3n) is 8.74. The Morgan fingerprint density at radius 3 is 2.50 bits per heavy atom. The first-order valence-corrected chi connectivity index (χ1v) is 17.8. The third kappa shape index (κ3) is 6.93. The standard InChI is InChI=1S/C34H37N7O6S/c1-3-4-5-6-11-30(33(42)40-20-24(19-31(40)34(43)44)47-23-13-15-25(16-14-23)48(2,45)46)41-21-35-28-18-22(12-17-29(28)41)26-9-7-8-10-27(26)32-36-38-39-37-32/h7-10,12-18,21,24,30-31H,3-6,11,19-20H2,1-2H3,(H,43,44)(H,36,37,38,39). The van der Waals surface area contributed by atoms with Crippen LogP contribution in [0.5, 0.6) is 5.75 Å². The third-order valence-corrected chi connectivity index (χ3v) is 9.87. The number of rotatable bonds is 13. The Balaban J connectivity index is 1.28. The van der Waals surface area contributed by atoms with Gasteiger partial charge in [0.15, 0.2) is 9.84 Å². The Morgan fingerprint density at radius 2 is 1.81 bits per heavy atom. The van der Waals surface area contributed by atoms with E-state index in [1.54, 1.807) is 18.5 Å². The predicted molar refractivity (Wildman–Crippen MR) is 178 cm³/mol. The lowest BCUT2D eigenvalue weighted by molar-refractivity contribution is -0.149. The molecule has 13 nitrogen and oxygen atoms in total. The second-order valence-electron chi connectivity index (χ2n) is 12.1.